The second kappa shape index (κ2) is 25.4. The van der Waals surface area contributed by atoms with Crippen molar-refractivity contribution in [2.45, 2.75) is 13.8 Å². The highest BCUT2D eigenvalue weighted by Crippen LogP contribution is 2.53. The maximum Gasteiger partial charge on any atom is 0.136 e. The van der Waals surface area contributed by atoms with Crippen LogP contribution < -0.4 is 0 Å². The Labute approximate surface area is 632 Å². The van der Waals surface area contributed by atoms with Gasteiger partial charge in [-0.05, 0) is 200 Å². The van der Waals surface area contributed by atoms with Gasteiger partial charge in [0.2, 0.25) is 0 Å². The lowest BCUT2D eigenvalue weighted by Gasteiger charge is -2.33. The van der Waals surface area contributed by atoms with E-state index < -0.39 is 0 Å². The topological polar surface area (TPSA) is 26.3 Å². The summed E-state index contributed by atoms with van der Waals surface area (Å²) >= 11 is 3.76. The molecular formula is C104H68O2S2. The Bertz CT molecular complexity index is 7380. The normalized spacial score (nSPS) is 14.7. The Morgan fingerprint density at radius 2 is 0.843 bits per heavy atom. The quantitative estimate of drug-likeness (QED) is 0.106. The molecule has 22 rings (SSSR count). The summed E-state index contributed by atoms with van der Waals surface area (Å²) in [7, 11) is 0. The number of benzene rings is 16. The lowest BCUT2D eigenvalue weighted by atomic mass is 9.70. The third-order valence-corrected chi connectivity index (χ3v) is 25.4. The number of hydrogen-bond acceptors (Lipinski definition) is 4. The van der Waals surface area contributed by atoms with Gasteiger partial charge < -0.3 is 8.83 Å². The van der Waals surface area contributed by atoms with E-state index in [2.05, 4.69) is 335 Å². The summed E-state index contributed by atoms with van der Waals surface area (Å²) in [6.45, 7) is 13.5. The Balaban J connectivity index is 0.000000138. The Kier molecular flexibility index (Phi) is 14.9. The predicted octanol–water partition coefficient (Wildman–Crippen LogP) is 30.6. The molecule has 20 aromatic rings. The van der Waals surface area contributed by atoms with Crippen molar-refractivity contribution >= 4 is 194 Å². The van der Waals surface area contributed by atoms with Crippen LogP contribution in [0.4, 0.5) is 0 Å². The van der Waals surface area contributed by atoms with Crippen molar-refractivity contribution in [1.29, 1.82) is 0 Å². The van der Waals surface area contributed by atoms with Crippen LogP contribution in [0.25, 0.3) is 193 Å². The molecule has 0 bridgehead atoms. The minimum atomic E-state index is 0.247. The zero-order chi connectivity index (χ0) is 71.8. The third-order valence-electron chi connectivity index (χ3n) is 22.9. The fourth-order valence-corrected chi connectivity index (χ4v) is 20.4. The third kappa shape index (κ3) is 9.98. The van der Waals surface area contributed by atoms with Gasteiger partial charge in [0.1, 0.15) is 22.3 Å². The van der Waals surface area contributed by atoms with Gasteiger partial charge in [-0.25, -0.2) is 0 Å². The molecule has 2 unspecified atom stereocenters. The Hall–Kier alpha value is -13.0. The minimum Gasteiger partial charge on any atom is -0.456 e. The number of thiophene rings is 2. The van der Waals surface area contributed by atoms with Gasteiger partial charge in [0.25, 0.3) is 0 Å². The monoisotopic (exact) mass is 1410 g/mol. The molecule has 0 saturated heterocycles. The number of rotatable bonds is 9. The second-order valence-electron chi connectivity index (χ2n) is 28.8. The van der Waals surface area contributed by atoms with Crippen LogP contribution in [0, 0.1) is 11.8 Å². The summed E-state index contributed by atoms with van der Waals surface area (Å²) in [5.41, 5.74) is 20.6. The van der Waals surface area contributed by atoms with Crippen molar-refractivity contribution in [3.63, 3.8) is 0 Å². The molecule has 108 heavy (non-hydrogen) atoms. The van der Waals surface area contributed by atoms with Crippen LogP contribution >= 0.6 is 22.7 Å². The number of para-hydroxylation sites is 2. The number of allylic oxidation sites excluding steroid dienone is 13. The molecule has 0 saturated carbocycles. The summed E-state index contributed by atoms with van der Waals surface area (Å²) in [5, 5.41) is 24.8. The van der Waals surface area contributed by atoms with Gasteiger partial charge in [0.05, 0.1) is 0 Å². The average molecular weight is 1410 g/mol. The van der Waals surface area contributed by atoms with E-state index >= 15 is 0 Å². The number of fused-ring (bicyclic) bond motifs is 22. The smallest absolute Gasteiger partial charge is 0.136 e. The van der Waals surface area contributed by atoms with Crippen LogP contribution in [-0.2, 0) is 0 Å². The van der Waals surface area contributed by atoms with Crippen LogP contribution in [0.15, 0.2) is 367 Å². The van der Waals surface area contributed by atoms with E-state index in [1.807, 2.05) is 47.8 Å². The first-order valence-electron chi connectivity index (χ1n) is 37.2. The van der Waals surface area contributed by atoms with E-state index in [0.29, 0.717) is 0 Å². The van der Waals surface area contributed by atoms with Gasteiger partial charge in [0, 0.05) is 84.5 Å². The molecule has 0 N–H and O–H groups in total. The van der Waals surface area contributed by atoms with Gasteiger partial charge in [-0.15, -0.1) is 22.7 Å². The van der Waals surface area contributed by atoms with Crippen LogP contribution in [-0.4, -0.2) is 0 Å². The van der Waals surface area contributed by atoms with E-state index in [1.54, 1.807) is 0 Å². The summed E-state index contributed by atoms with van der Waals surface area (Å²) in [4.78, 5) is 0. The van der Waals surface area contributed by atoms with Crippen LogP contribution in [0.3, 0.4) is 0 Å². The minimum absolute atomic E-state index is 0.247. The molecule has 4 heterocycles. The molecule has 2 aliphatic rings. The van der Waals surface area contributed by atoms with Crippen molar-refractivity contribution in [2.24, 2.45) is 11.8 Å². The first-order valence-corrected chi connectivity index (χ1v) is 38.8. The van der Waals surface area contributed by atoms with Crippen LogP contribution in [0.5, 0.6) is 0 Å². The van der Waals surface area contributed by atoms with Crippen LogP contribution in [0.1, 0.15) is 41.7 Å². The highest BCUT2D eigenvalue weighted by Gasteiger charge is 2.33. The zero-order valence-corrected chi connectivity index (χ0v) is 61.2. The van der Waals surface area contributed by atoms with Gasteiger partial charge >= 0.3 is 0 Å². The van der Waals surface area contributed by atoms with Gasteiger partial charge in [-0.1, -0.05) is 298 Å². The maximum absolute atomic E-state index is 6.34. The average Bonchev–Trinajstić information content (AvgIpc) is 1.02. The molecule has 508 valence electrons. The van der Waals surface area contributed by atoms with E-state index in [-0.39, 0.29) is 11.8 Å². The lowest BCUT2D eigenvalue weighted by molar-refractivity contribution is 0.669. The second-order valence-corrected chi connectivity index (χ2v) is 30.9. The summed E-state index contributed by atoms with van der Waals surface area (Å²) in [6, 6.07) is 104. The molecule has 16 aromatic carbocycles. The fourth-order valence-electron chi connectivity index (χ4n) is 17.9. The molecule has 0 fully saturated rings. The van der Waals surface area contributed by atoms with Crippen molar-refractivity contribution in [3.8, 4) is 22.3 Å². The number of furan rings is 2. The summed E-state index contributed by atoms with van der Waals surface area (Å²) in [6.07, 6.45) is 20.2. The molecule has 0 spiro atoms. The molecule has 0 amide bonds. The molecule has 0 aliphatic heterocycles. The lowest BCUT2D eigenvalue weighted by Crippen LogP contribution is -2.19. The maximum atomic E-state index is 6.34. The first-order chi connectivity index (χ1) is 53.3. The fraction of sp³-hybridized carbons (Fsp3) is 0.0385. The molecule has 0 radical (unpaired) electrons. The van der Waals surface area contributed by atoms with E-state index in [0.717, 1.165) is 61.1 Å². The Morgan fingerprint density at radius 3 is 1.48 bits per heavy atom. The summed E-state index contributed by atoms with van der Waals surface area (Å²) in [5.74, 6) is 0.528. The first kappa shape index (κ1) is 63.5. The standard InChI is InChI=1S/C52H32OS.C52H36OS/c1-2-12-31(13-3-1)34-25-26-42(36-15-5-4-14-35(34)36)51-40-19-8-6-17-38(40)50(39-18-7-9-20-41(39)51)33-23-27-49-46(29-33)43-24-22-32-28-45-37-16-10-11-21-47(37)53-48(45)30-44(32)52(43)54-49;1-5-6-15-31(2)32(3)36-16-7-8-17-37(36)33(4)48-38-18-9-11-20-40(38)49(41-21-12-10-19-39(41)48)35-26-29-47-44(30-35)42-27-24-34-25-28-46-51(50(34)52(42)54-47)43-22-13-14-23-45(43)53-46/h1-30,35-36H;5-30H,3-4H2,1-2H3/b;6-5-,31-15+. The molecule has 2 aliphatic carbocycles. The molecular weight excluding hydrogens is 1350 g/mol. The predicted molar refractivity (Wildman–Crippen MR) is 469 cm³/mol. The zero-order valence-electron chi connectivity index (χ0n) is 59.5. The van der Waals surface area contributed by atoms with E-state index in [9.17, 15) is 0 Å². The van der Waals surface area contributed by atoms with Gasteiger partial charge in [-0.2, -0.15) is 0 Å². The van der Waals surface area contributed by atoms with Crippen LogP contribution in [0.2, 0.25) is 0 Å². The van der Waals surface area contributed by atoms with Crippen molar-refractivity contribution in [2.75, 3.05) is 0 Å². The SMILES string of the molecule is C1=CC2C(c3ccccc3)=CC=C(c3c4ccccc4c(-c4ccc5sc6c7cc8oc9ccccc9c8cc7ccc6c5c4)c4ccccc34)C2C=C1.C=C(/C(C)=C/C=C\C)c1ccccc1C(=C)c1c2ccccc2c(-c2ccc3sc4c(ccc5ccc6oc7ccccc7c6c54)c3c2)c2ccccc12. The molecule has 2 atom stereocenters. The summed E-state index contributed by atoms with van der Waals surface area (Å²) < 4.78 is 17.9. The number of hydrogen-bond donors (Lipinski definition) is 0. The van der Waals surface area contributed by atoms with Crippen molar-refractivity contribution in [1.82, 2.24) is 0 Å². The Morgan fingerprint density at radius 1 is 0.352 bits per heavy atom. The highest BCUT2D eigenvalue weighted by atomic mass is 32.1. The van der Waals surface area contributed by atoms with Crippen molar-refractivity contribution in [3.05, 3.63) is 386 Å². The molecule has 2 nitrogen and oxygen atoms in total. The van der Waals surface area contributed by atoms with Gasteiger partial charge in [0.15, 0.2) is 0 Å². The largest absolute Gasteiger partial charge is 0.456 e. The van der Waals surface area contributed by atoms with E-state index in [1.165, 1.54) is 166 Å². The van der Waals surface area contributed by atoms with Crippen molar-refractivity contribution < 1.29 is 8.83 Å². The van der Waals surface area contributed by atoms with E-state index in [4.69, 9.17) is 15.4 Å². The molecule has 4 aromatic heterocycles. The molecule has 4 heteroatoms. The highest BCUT2D eigenvalue weighted by molar-refractivity contribution is 7.27. The van der Waals surface area contributed by atoms with Gasteiger partial charge in [-0.3, -0.25) is 0 Å².